The fraction of sp³-hybridized carbons (Fsp3) is 0.500. The highest BCUT2D eigenvalue weighted by atomic mass is 15.2. The molecule has 1 heterocycles. The molecule has 1 rings (SSSR count). The lowest BCUT2D eigenvalue weighted by Gasteiger charge is -2.24. The molecule has 0 saturated heterocycles. The molecule has 1 aromatic rings. The summed E-state index contributed by atoms with van der Waals surface area (Å²) in [5, 5.41) is 10.8. The topological polar surface area (TPSA) is 63.8 Å². The van der Waals surface area contributed by atoms with Gasteiger partial charge in [-0.05, 0) is 26.0 Å². The molecule has 1 aromatic heterocycles. The van der Waals surface area contributed by atoms with Crippen LogP contribution in [-0.4, -0.2) is 22.3 Å². The van der Waals surface area contributed by atoms with E-state index in [1.54, 1.807) is 6.20 Å². The van der Waals surface area contributed by atoms with Gasteiger partial charge in [-0.25, -0.2) is 0 Å². The Morgan fingerprint density at radius 2 is 2.33 bits per heavy atom. The van der Waals surface area contributed by atoms with Crippen molar-refractivity contribution in [1.82, 2.24) is 10.2 Å². The number of rotatable bonds is 3. The van der Waals surface area contributed by atoms with Gasteiger partial charge in [-0.3, -0.25) is 0 Å². The number of nitrogens with zero attached hydrogens (tertiary/aromatic N) is 2. The minimum Gasteiger partial charge on any atom is -0.362 e. The highest BCUT2D eigenvalue weighted by molar-refractivity contribution is 5.34. The van der Waals surface area contributed by atoms with Crippen molar-refractivity contribution >= 4 is 5.82 Å². The molecule has 12 heavy (non-hydrogen) atoms. The molecule has 3 N–H and O–H groups in total. The van der Waals surface area contributed by atoms with Gasteiger partial charge < -0.3 is 11.1 Å². The second-order valence-electron chi connectivity index (χ2n) is 3.32. The number of nitrogens with one attached hydrogen (secondary N) is 1. The molecule has 0 aliphatic heterocycles. The van der Waals surface area contributed by atoms with Crippen molar-refractivity contribution in [2.24, 2.45) is 5.73 Å². The van der Waals surface area contributed by atoms with Crippen LogP contribution in [0.3, 0.4) is 0 Å². The van der Waals surface area contributed by atoms with Crippen molar-refractivity contribution in [3.8, 4) is 0 Å². The third-order valence-electron chi connectivity index (χ3n) is 1.55. The number of hydrogen-bond donors (Lipinski definition) is 2. The first-order valence-corrected chi connectivity index (χ1v) is 3.90. The van der Waals surface area contributed by atoms with E-state index in [1.165, 1.54) is 0 Å². The van der Waals surface area contributed by atoms with E-state index in [0.29, 0.717) is 6.54 Å². The number of aromatic nitrogens is 2. The zero-order chi connectivity index (χ0) is 9.03. The van der Waals surface area contributed by atoms with Crippen molar-refractivity contribution in [3.63, 3.8) is 0 Å². The predicted octanol–water partition coefficient (Wildman–Crippen LogP) is 0.626. The average molecular weight is 166 g/mol. The van der Waals surface area contributed by atoms with Gasteiger partial charge in [0.05, 0.1) is 0 Å². The summed E-state index contributed by atoms with van der Waals surface area (Å²) in [6, 6.07) is 3.70. The van der Waals surface area contributed by atoms with E-state index in [-0.39, 0.29) is 5.54 Å². The van der Waals surface area contributed by atoms with Crippen molar-refractivity contribution in [1.29, 1.82) is 0 Å². The fourth-order valence-corrected chi connectivity index (χ4v) is 0.766. The zero-order valence-electron chi connectivity index (χ0n) is 7.41. The molecule has 0 bridgehead atoms. The van der Waals surface area contributed by atoms with Gasteiger partial charge in [0.25, 0.3) is 0 Å². The summed E-state index contributed by atoms with van der Waals surface area (Å²) in [5.74, 6) is 0.757. The summed E-state index contributed by atoms with van der Waals surface area (Å²) >= 11 is 0. The van der Waals surface area contributed by atoms with Crippen LogP contribution in [0.15, 0.2) is 18.3 Å². The Hall–Kier alpha value is -1.16. The molecule has 0 unspecified atom stereocenters. The number of anilines is 1. The normalized spacial score (nSPS) is 11.2. The summed E-state index contributed by atoms with van der Waals surface area (Å²) in [6.07, 6.45) is 1.64. The van der Waals surface area contributed by atoms with Gasteiger partial charge in [0.1, 0.15) is 5.82 Å². The van der Waals surface area contributed by atoms with Crippen LogP contribution in [0.25, 0.3) is 0 Å². The Kier molecular flexibility index (Phi) is 2.60. The number of nitrogens with two attached hydrogens (primary N) is 1. The molecule has 66 valence electrons. The molecule has 0 saturated carbocycles. The van der Waals surface area contributed by atoms with Gasteiger partial charge in [0.15, 0.2) is 0 Å². The Bertz CT molecular complexity index is 232. The van der Waals surface area contributed by atoms with Gasteiger partial charge in [0.2, 0.25) is 0 Å². The van der Waals surface area contributed by atoms with Gasteiger partial charge in [-0.15, -0.1) is 5.10 Å². The summed E-state index contributed by atoms with van der Waals surface area (Å²) in [7, 11) is 0. The van der Waals surface area contributed by atoms with E-state index < -0.39 is 0 Å². The highest BCUT2D eigenvalue weighted by Crippen LogP contribution is 2.08. The maximum Gasteiger partial charge on any atom is 0.149 e. The van der Waals surface area contributed by atoms with Gasteiger partial charge in [-0.2, -0.15) is 5.10 Å². The van der Waals surface area contributed by atoms with Crippen LogP contribution < -0.4 is 11.1 Å². The molecule has 0 amide bonds. The van der Waals surface area contributed by atoms with Crippen LogP contribution in [-0.2, 0) is 0 Å². The lowest BCUT2D eigenvalue weighted by Crippen LogP contribution is -2.39. The van der Waals surface area contributed by atoms with E-state index in [4.69, 9.17) is 5.73 Å². The zero-order valence-corrected chi connectivity index (χ0v) is 7.41. The van der Waals surface area contributed by atoms with E-state index in [2.05, 4.69) is 15.5 Å². The molecule has 0 aliphatic rings. The Labute approximate surface area is 72.2 Å². The van der Waals surface area contributed by atoms with Crippen LogP contribution in [0.2, 0.25) is 0 Å². The molecule has 0 aromatic carbocycles. The van der Waals surface area contributed by atoms with E-state index >= 15 is 0 Å². The average Bonchev–Trinajstić information content (AvgIpc) is 2.06. The van der Waals surface area contributed by atoms with Gasteiger partial charge >= 0.3 is 0 Å². The second kappa shape index (κ2) is 3.49. The second-order valence-corrected chi connectivity index (χ2v) is 3.32. The molecule has 0 radical (unpaired) electrons. The van der Waals surface area contributed by atoms with Crippen molar-refractivity contribution < 1.29 is 0 Å². The minimum absolute atomic E-state index is 0.129. The van der Waals surface area contributed by atoms with E-state index in [1.807, 2.05) is 26.0 Å². The fourth-order valence-electron chi connectivity index (χ4n) is 0.766. The standard InChI is InChI=1S/C8H14N4/c1-8(2,6-9)11-7-4-3-5-10-12-7/h3-5H,6,9H2,1-2H3,(H,11,12). The molecule has 0 fully saturated rings. The molecule has 0 atom stereocenters. The minimum atomic E-state index is -0.129. The molecule has 0 aliphatic carbocycles. The molecular formula is C8H14N4. The third kappa shape index (κ3) is 2.47. The van der Waals surface area contributed by atoms with Crippen LogP contribution in [0.4, 0.5) is 5.82 Å². The SMILES string of the molecule is CC(C)(CN)Nc1cccnn1. The summed E-state index contributed by atoms with van der Waals surface area (Å²) in [5.41, 5.74) is 5.41. The Morgan fingerprint density at radius 1 is 1.58 bits per heavy atom. The first-order chi connectivity index (χ1) is 5.64. The van der Waals surface area contributed by atoms with Crippen molar-refractivity contribution in [3.05, 3.63) is 18.3 Å². The largest absolute Gasteiger partial charge is 0.362 e. The van der Waals surface area contributed by atoms with Crippen LogP contribution in [0, 0.1) is 0 Å². The predicted molar refractivity (Wildman–Crippen MR) is 48.8 cm³/mol. The van der Waals surface area contributed by atoms with E-state index in [9.17, 15) is 0 Å². The quantitative estimate of drug-likeness (QED) is 0.691. The van der Waals surface area contributed by atoms with Crippen molar-refractivity contribution in [2.75, 3.05) is 11.9 Å². The van der Waals surface area contributed by atoms with Crippen LogP contribution >= 0.6 is 0 Å². The smallest absolute Gasteiger partial charge is 0.149 e. The summed E-state index contributed by atoms with van der Waals surface area (Å²) in [6.45, 7) is 4.59. The first-order valence-electron chi connectivity index (χ1n) is 3.90. The molecule has 0 spiro atoms. The monoisotopic (exact) mass is 166 g/mol. The first kappa shape index (κ1) is 8.93. The summed E-state index contributed by atoms with van der Waals surface area (Å²) in [4.78, 5) is 0. The third-order valence-corrected chi connectivity index (χ3v) is 1.55. The van der Waals surface area contributed by atoms with Crippen LogP contribution in [0.5, 0.6) is 0 Å². The van der Waals surface area contributed by atoms with Crippen LogP contribution in [0.1, 0.15) is 13.8 Å². The molecular weight excluding hydrogens is 152 g/mol. The van der Waals surface area contributed by atoms with Gasteiger partial charge in [-0.1, -0.05) is 0 Å². The Morgan fingerprint density at radius 3 is 2.83 bits per heavy atom. The maximum atomic E-state index is 5.54. The number of hydrogen-bond acceptors (Lipinski definition) is 4. The molecule has 4 nitrogen and oxygen atoms in total. The Balaban J connectivity index is 2.64. The maximum absolute atomic E-state index is 5.54. The lowest BCUT2D eigenvalue weighted by molar-refractivity contribution is 0.576. The highest BCUT2D eigenvalue weighted by Gasteiger charge is 2.14. The van der Waals surface area contributed by atoms with Gasteiger partial charge in [0, 0.05) is 18.3 Å². The summed E-state index contributed by atoms with van der Waals surface area (Å²) < 4.78 is 0. The van der Waals surface area contributed by atoms with Crippen molar-refractivity contribution in [2.45, 2.75) is 19.4 Å². The lowest BCUT2D eigenvalue weighted by atomic mass is 10.1. The molecule has 4 heteroatoms. The van der Waals surface area contributed by atoms with E-state index in [0.717, 1.165) is 5.82 Å².